The molecule has 5 N–H and O–H groups in total. The number of thioether (sulfide) groups is 1. The van der Waals surface area contributed by atoms with Gasteiger partial charge in [0.05, 0.1) is 5.03 Å². The van der Waals surface area contributed by atoms with Gasteiger partial charge in [0.1, 0.15) is 5.03 Å². The van der Waals surface area contributed by atoms with Crippen LogP contribution in [0.25, 0.3) is 0 Å². The fourth-order valence-corrected chi connectivity index (χ4v) is 4.55. The van der Waals surface area contributed by atoms with E-state index in [1.54, 1.807) is 0 Å². The molecule has 0 atom stereocenters. The van der Waals surface area contributed by atoms with Gasteiger partial charge in [0.25, 0.3) is 0 Å². The summed E-state index contributed by atoms with van der Waals surface area (Å²) < 4.78 is 0.0854. The molecule has 1 heterocycles. The van der Waals surface area contributed by atoms with E-state index in [-0.39, 0.29) is 10.8 Å². The van der Waals surface area contributed by atoms with Crippen LogP contribution in [0.1, 0.15) is 40.5 Å². The Morgan fingerprint density at radius 2 is 1.89 bits per heavy atom. The fourth-order valence-electron chi connectivity index (χ4n) is 2.95. The van der Waals surface area contributed by atoms with Crippen molar-refractivity contribution >= 4 is 29.7 Å². The van der Waals surface area contributed by atoms with Gasteiger partial charge in [-0.15, -0.1) is 11.8 Å². The van der Waals surface area contributed by atoms with Crippen LogP contribution < -0.4 is 16.2 Å². The molecule has 1 fully saturated rings. The number of urea groups is 1. The molecule has 154 valence electrons. The minimum Gasteiger partial charge on any atom is -0.402 e. The highest BCUT2D eigenvalue weighted by molar-refractivity contribution is 8.04. The van der Waals surface area contributed by atoms with Gasteiger partial charge in [0.15, 0.2) is 0 Å². The monoisotopic (exact) mass is 413 g/mol. The summed E-state index contributed by atoms with van der Waals surface area (Å²) in [6, 6.07) is -0.133. The summed E-state index contributed by atoms with van der Waals surface area (Å²) in [6.07, 6.45) is 7.64. The predicted octanol–water partition coefficient (Wildman–Crippen LogP) is 3.65. The molecule has 0 radical (unpaired) electrons. The van der Waals surface area contributed by atoms with E-state index in [1.807, 2.05) is 16.7 Å². The van der Waals surface area contributed by atoms with Crippen LogP contribution in [0.4, 0.5) is 4.79 Å². The second-order valence-corrected chi connectivity index (χ2v) is 9.81. The second-order valence-electron chi connectivity index (χ2n) is 7.46. The lowest BCUT2D eigenvalue weighted by Crippen LogP contribution is -2.47. The van der Waals surface area contributed by atoms with Crippen LogP contribution in [-0.4, -0.2) is 47.8 Å². The molecule has 2 amide bonds. The van der Waals surface area contributed by atoms with Crippen molar-refractivity contribution in [2.24, 2.45) is 16.8 Å². The summed E-state index contributed by atoms with van der Waals surface area (Å²) in [7, 11) is 4.17. The molecular weight excluding hydrogens is 378 g/mol. The highest BCUT2D eigenvalue weighted by Gasteiger charge is 2.35. The molecule has 1 aliphatic rings. The number of hydrogen-bond acceptors (Lipinski definition) is 6. The highest BCUT2D eigenvalue weighted by Crippen LogP contribution is 2.43. The molecule has 0 bridgehead atoms. The van der Waals surface area contributed by atoms with Gasteiger partial charge in [-0.2, -0.15) is 0 Å². The lowest BCUT2D eigenvalue weighted by molar-refractivity contribution is 0.165. The third-order valence-corrected chi connectivity index (χ3v) is 6.93. The first-order valence-electron chi connectivity index (χ1n) is 9.20. The van der Waals surface area contributed by atoms with Crippen molar-refractivity contribution in [3.8, 4) is 0 Å². The van der Waals surface area contributed by atoms with Gasteiger partial charge in [-0.25, -0.2) is 4.79 Å². The number of nitrogens with two attached hydrogens (primary N) is 2. The number of allylic oxidation sites excluding steroid dienone is 3. The third kappa shape index (κ3) is 7.35. The van der Waals surface area contributed by atoms with Crippen molar-refractivity contribution in [1.29, 1.82) is 0 Å². The Bertz CT molecular complexity index is 591. The fraction of sp³-hybridized carbons (Fsp3) is 0.632. The zero-order valence-electron chi connectivity index (χ0n) is 17.4. The Morgan fingerprint density at radius 1 is 1.30 bits per heavy atom. The van der Waals surface area contributed by atoms with Crippen molar-refractivity contribution in [2.75, 3.05) is 27.2 Å². The van der Waals surface area contributed by atoms with Gasteiger partial charge >= 0.3 is 6.03 Å². The van der Waals surface area contributed by atoms with Crippen LogP contribution in [-0.2, 0) is 0 Å². The Kier molecular flexibility index (Phi) is 9.62. The van der Waals surface area contributed by atoms with Gasteiger partial charge in [0.2, 0.25) is 0 Å². The van der Waals surface area contributed by atoms with Crippen molar-refractivity contribution in [3.05, 3.63) is 34.0 Å². The van der Waals surface area contributed by atoms with Gasteiger partial charge in [-0.3, -0.25) is 10.5 Å². The maximum absolute atomic E-state index is 12.3. The van der Waals surface area contributed by atoms with E-state index < -0.39 is 0 Å². The topological polar surface area (TPSA) is 87.6 Å². The van der Waals surface area contributed by atoms with Gasteiger partial charge in [-0.05, 0) is 50.6 Å². The zero-order chi connectivity index (χ0) is 20.6. The van der Waals surface area contributed by atoms with E-state index in [0.717, 1.165) is 37.9 Å². The largest absolute Gasteiger partial charge is 0.402 e. The molecule has 1 aliphatic heterocycles. The number of rotatable bonds is 7. The Hall–Kier alpha value is -1.25. The molecule has 27 heavy (non-hydrogen) atoms. The Labute approximate surface area is 173 Å². The van der Waals surface area contributed by atoms with Crippen molar-refractivity contribution in [3.63, 3.8) is 0 Å². The van der Waals surface area contributed by atoms with E-state index in [0.29, 0.717) is 10.9 Å². The molecule has 0 aromatic carbocycles. The molecule has 0 unspecified atom stereocenters. The summed E-state index contributed by atoms with van der Waals surface area (Å²) in [4.78, 5) is 16.3. The van der Waals surface area contributed by atoms with E-state index in [9.17, 15) is 4.79 Å². The molecule has 1 saturated heterocycles. The molecule has 0 saturated carbocycles. The molecule has 0 aromatic heterocycles. The Balaban J connectivity index is 2.71. The third-order valence-electron chi connectivity index (χ3n) is 4.89. The molecule has 0 aliphatic carbocycles. The maximum Gasteiger partial charge on any atom is 0.322 e. The van der Waals surface area contributed by atoms with Crippen molar-refractivity contribution in [1.82, 2.24) is 15.1 Å². The van der Waals surface area contributed by atoms with Crippen molar-refractivity contribution in [2.45, 2.75) is 45.3 Å². The standard InChI is InChI=1S/C19H35N5OS2/c1-7-14(2)12-17(23(5)6)26-19(3,4)15-8-10-24(11-9-15)18(25)22-16(13-20)27-21/h7,12-13,15H,8-11,20-21H2,1-6H3,(H,22,25)/b14-7+,16-13-,17-12+. The average Bonchev–Trinajstić information content (AvgIpc) is 2.64. The lowest BCUT2D eigenvalue weighted by Gasteiger charge is -2.41. The van der Waals surface area contributed by atoms with E-state index in [1.165, 1.54) is 16.8 Å². The minimum absolute atomic E-state index is 0.0854. The van der Waals surface area contributed by atoms with Gasteiger partial charge in [0, 0.05) is 38.1 Å². The first-order chi connectivity index (χ1) is 12.6. The number of nitrogens with zero attached hydrogens (tertiary/aromatic N) is 2. The highest BCUT2D eigenvalue weighted by atomic mass is 32.2. The number of piperidine rings is 1. The summed E-state index contributed by atoms with van der Waals surface area (Å²) in [5, 5.41) is 9.95. The predicted molar refractivity (Wildman–Crippen MR) is 120 cm³/mol. The zero-order valence-corrected chi connectivity index (χ0v) is 19.0. The first kappa shape index (κ1) is 23.8. The summed E-state index contributed by atoms with van der Waals surface area (Å²) in [5.41, 5.74) is 6.70. The Morgan fingerprint density at radius 3 is 2.33 bits per heavy atom. The summed E-state index contributed by atoms with van der Waals surface area (Å²) in [6.45, 7) is 10.3. The number of likely N-dealkylation sites (tertiary alicyclic amines) is 1. The molecular formula is C19H35N5OS2. The normalized spacial score (nSPS) is 17.9. The molecule has 6 nitrogen and oxygen atoms in total. The molecule has 8 heteroatoms. The van der Waals surface area contributed by atoms with Crippen LogP contribution in [0.2, 0.25) is 0 Å². The van der Waals surface area contributed by atoms with Crippen molar-refractivity contribution < 1.29 is 4.79 Å². The van der Waals surface area contributed by atoms with Crippen LogP contribution in [0.5, 0.6) is 0 Å². The van der Waals surface area contributed by atoms with Crippen LogP contribution in [0.15, 0.2) is 34.0 Å². The van der Waals surface area contributed by atoms with E-state index in [4.69, 9.17) is 10.9 Å². The SMILES string of the molecule is C/C=C(C)/C=C(/SC(C)(C)C1CCN(C(=O)N/C(=C/N)SN)CC1)N(C)C. The maximum atomic E-state index is 12.3. The molecule has 1 rings (SSSR count). The molecule has 0 spiro atoms. The number of hydrogen-bond donors (Lipinski definition) is 3. The van der Waals surface area contributed by atoms with Crippen LogP contribution >= 0.6 is 23.7 Å². The number of amides is 2. The second kappa shape index (κ2) is 10.9. The smallest absolute Gasteiger partial charge is 0.322 e. The van der Waals surface area contributed by atoms with Gasteiger partial charge in [-0.1, -0.05) is 25.5 Å². The quantitative estimate of drug-likeness (QED) is 0.436. The summed E-state index contributed by atoms with van der Waals surface area (Å²) in [5.74, 6) is 0.536. The van der Waals surface area contributed by atoms with Crippen LogP contribution in [0, 0.1) is 5.92 Å². The lowest BCUT2D eigenvalue weighted by atomic mass is 9.86. The molecule has 0 aromatic rings. The number of carbonyl (C=O) groups excluding carboxylic acids is 1. The van der Waals surface area contributed by atoms with Crippen LogP contribution in [0.3, 0.4) is 0 Å². The average molecular weight is 414 g/mol. The minimum atomic E-state index is -0.133. The summed E-state index contributed by atoms with van der Waals surface area (Å²) >= 11 is 2.86. The number of nitrogens with one attached hydrogen (secondary N) is 1. The van der Waals surface area contributed by atoms with Gasteiger partial charge < -0.3 is 15.5 Å². The van der Waals surface area contributed by atoms with E-state index in [2.05, 4.69) is 64.2 Å². The number of carbonyl (C=O) groups is 1. The van der Waals surface area contributed by atoms with E-state index >= 15 is 0 Å². The first-order valence-corrected chi connectivity index (χ1v) is 10.9.